The monoisotopic (exact) mass is 311 g/mol. The average molecular weight is 311 g/mol. The number of hydrogen-bond acceptors (Lipinski definition) is 2. The van der Waals surface area contributed by atoms with Crippen molar-refractivity contribution < 1.29 is 8.42 Å². The number of hydrogen-bond donors (Lipinski definition) is 3. The first kappa shape index (κ1) is 13.0. The van der Waals surface area contributed by atoms with Gasteiger partial charge >= 0.3 is 0 Å². The number of sulfonamides is 1. The zero-order valence-electron chi connectivity index (χ0n) is 11.5. The molecule has 3 N–H and O–H groups in total. The second-order valence-electron chi connectivity index (χ2n) is 5.10. The number of aromatic amines is 2. The van der Waals surface area contributed by atoms with Crippen molar-refractivity contribution in [3.05, 3.63) is 60.7 Å². The highest BCUT2D eigenvalue weighted by Gasteiger charge is 2.17. The average Bonchev–Trinajstić information content (AvgIpc) is 3.09. The van der Waals surface area contributed by atoms with Crippen molar-refractivity contribution in [3.63, 3.8) is 0 Å². The fourth-order valence-corrected chi connectivity index (χ4v) is 3.56. The van der Waals surface area contributed by atoms with Crippen molar-refractivity contribution in [1.82, 2.24) is 9.97 Å². The molecule has 0 aliphatic carbocycles. The zero-order valence-corrected chi connectivity index (χ0v) is 12.3. The second kappa shape index (κ2) is 4.64. The summed E-state index contributed by atoms with van der Waals surface area (Å²) in [5, 5.41) is 1.96. The largest absolute Gasteiger partial charge is 0.344 e. The van der Waals surface area contributed by atoms with E-state index in [0.29, 0.717) is 5.82 Å². The molecule has 0 saturated carbocycles. The lowest BCUT2D eigenvalue weighted by molar-refractivity contribution is 0.598. The Kier molecular flexibility index (Phi) is 2.74. The van der Waals surface area contributed by atoms with Crippen LogP contribution in [0.5, 0.6) is 0 Å². The van der Waals surface area contributed by atoms with Crippen molar-refractivity contribution in [1.29, 1.82) is 0 Å². The number of nitrogens with one attached hydrogen (secondary N) is 3. The Morgan fingerprint density at radius 3 is 2.00 bits per heavy atom. The van der Waals surface area contributed by atoms with Gasteiger partial charge < -0.3 is 9.97 Å². The number of H-pyrrole nitrogens is 2. The Labute approximate surface area is 127 Å². The van der Waals surface area contributed by atoms with E-state index in [0.717, 1.165) is 21.8 Å². The number of rotatable bonds is 3. The molecule has 0 radical (unpaired) electrons. The number of aromatic nitrogens is 2. The van der Waals surface area contributed by atoms with Gasteiger partial charge in [-0.1, -0.05) is 36.4 Å². The number of fused-ring (bicyclic) bond motifs is 2. The first-order valence-corrected chi connectivity index (χ1v) is 8.28. The minimum atomic E-state index is -3.66. The molecule has 0 unspecified atom stereocenters. The molecule has 0 amide bonds. The number of para-hydroxylation sites is 2. The highest BCUT2D eigenvalue weighted by Crippen LogP contribution is 2.23. The Morgan fingerprint density at radius 2 is 1.36 bits per heavy atom. The maximum absolute atomic E-state index is 12.5. The molecule has 0 bridgehead atoms. The van der Waals surface area contributed by atoms with Gasteiger partial charge in [0.05, 0.1) is 0 Å². The molecular formula is C16H13N3O2S. The van der Waals surface area contributed by atoms with E-state index >= 15 is 0 Å². The lowest BCUT2D eigenvalue weighted by Crippen LogP contribution is -2.13. The summed E-state index contributed by atoms with van der Waals surface area (Å²) in [5.41, 5.74) is 1.68. The topological polar surface area (TPSA) is 77.8 Å². The smallest absolute Gasteiger partial charge is 0.278 e. The molecular weight excluding hydrogens is 298 g/mol. The Hall–Kier alpha value is -2.73. The van der Waals surface area contributed by atoms with Crippen molar-refractivity contribution >= 4 is 37.6 Å². The van der Waals surface area contributed by atoms with Gasteiger partial charge in [-0.25, -0.2) is 0 Å². The molecule has 2 aromatic heterocycles. The maximum atomic E-state index is 12.5. The van der Waals surface area contributed by atoms with Gasteiger partial charge in [0, 0.05) is 21.8 Å². The third kappa shape index (κ3) is 2.14. The quantitative estimate of drug-likeness (QED) is 0.542. The second-order valence-corrected chi connectivity index (χ2v) is 6.75. The molecule has 22 heavy (non-hydrogen) atoms. The minimum absolute atomic E-state index is 0.146. The molecule has 5 nitrogen and oxygen atoms in total. The van der Waals surface area contributed by atoms with E-state index < -0.39 is 10.0 Å². The Morgan fingerprint density at radius 1 is 0.773 bits per heavy atom. The van der Waals surface area contributed by atoms with Gasteiger partial charge in [0.25, 0.3) is 10.0 Å². The lowest BCUT2D eigenvalue weighted by atomic mass is 10.3. The van der Waals surface area contributed by atoms with Crippen LogP contribution >= 0.6 is 0 Å². The molecule has 2 heterocycles. The van der Waals surface area contributed by atoms with Crippen LogP contribution in [0.1, 0.15) is 0 Å². The molecule has 110 valence electrons. The summed E-state index contributed by atoms with van der Waals surface area (Å²) in [6.45, 7) is 0. The third-order valence-electron chi connectivity index (χ3n) is 3.57. The van der Waals surface area contributed by atoms with Gasteiger partial charge in [0.2, 0.25) is 0 Å². The van der Waals surface area contributed by atoms with E-state index in [2.05, 4.69) is 14.7 Å². The van der Waals surface area contributed by atoms with Crippen LogP contribution in [-0.4, -0.2) is 18.4 Å². The SMILES string of the molecule is O=S(=O)(Nc1cc2ccccc2[nH]1)c1cc2ccccc2[nH]1. The minimum Gasteiger partial charge on any atom is -0.344 e. The molecule has 0 aliphatic heterocycles. The first-order valence-electron chi connectivity index (χ1n) is 6.80. The Bertz CT molecular complexity index is 1010. The maximum Gasteiger partial charge on any atom is 0.278 e. The molecule has 2 aromatic carbocycles. The summed E-state index contributed by atoms with van der Waals surface area (Å²) in [6, 6.07) is 18.5. The van der Waals surface area contributed by atoms with Crippen LogP contribution in [0.15, 0.2) is 65.7 Å². The molecule has 0 atom stereocenters. The van der Waals surface area contributed by atoms with E-state index in [1.54, 1.807) is 12.1 Å². The van der Waals surface area contributed by atoms with E-state index in [-0.39, 0.29) is 5.03 Å². The van der Waals surface area contributed by atoms with Crippen LogP contribution in [0.4, 0.5) is 5.82 Å². The van der Waals surface area contributed by atoms with Crippen LogP contribution in [0.3, 0.4) is 0 Å². The lowest BCUT2D eigenvalue weighted by Gasteiger charge is -2.03. The van der Waals surface area contributed by atoms with Crippen LogP contribution in [0, 0.1) is 0 Å². The van der Waals surface area contributed by atoms with Crippen molar-refractivity contribution in [2.24, 2.45) is 0 Å². The van der Waals surface area contributed by atoms with Gasteiger partial charge in [-0.2, -0.15) is 8.42 Å². The zero-order chi connectivity index (χ0) is 15.2. The van der Waals surface area contributed by atoms with Crippen molar-refractivity contribution in [2.75, 3.05) is 4.72 Å². The highest BCUT2D eigenvalue weighted by molar-refractivity contribution is 7.92. The van der Waals surface area contributed by atoms with E-state index in [1.807, 2.05) is 48.5 Å². The predicted molar refractivity (Wildman–Crippen MR) is 87.4 cm³/mol. The summed E-state index contributed by atoms with van der Waals surface area (Å²) in [5.74, 6) is 0.444. The predicted octanol–water partition coefficient (Wildman–Crippen LogP) is 3.45. The van der Waals surface area contributed by atoms with Crippen LogP contribution in [0.25, 0.3) is 21.8 Å². The normalized spacial score (nSPS) is 12.0. The number of anilines is 1. The van der Waals surface area contributed by atoms with Gasteiger partial charge in [-0.3, -0.25) is 4.72 Å². The van der Waals surface area contributed by atoms with E-state index in [9.17, 15) is 8.42 Å². The van der Waals surface area contributed by atoms with Gasteiger partial charge in [0.15, 0.2) is 5.03 Å². The molecule has 0 saturated heterocycles. The van der Waals surface area contributed by atoms with Gasteiger partial charge in [-0.05, 0) is 24.3 Å². The molecule has 0 spiro atoms. The van der Waals surface area contributed by atoms with E-state index in [4.69, 9.17) is 0 Å². The third-order valence-corrected chi connectivity index (χ3v) is 4.86. The van der Waals surface area contributed by atoms with Crippen LogP contribution in [0.2, 0.25) is 0 Å². The van der Waals surface area contributed by atoms with Crippen molar-refractivity contribution in [3.8, 4) is 0 Å². The first-order chi connectivity index (χ1) is 10.6. The van der Waals surface area contributed by atoms with Crippen molar-refractivity contribution in [2.45, 2.75) is 5.03 Å². The summed E-state index contributed by atoms with van der Waals surface area (Å²) < 4.78 is 27.5. The van der Waals surface area contributed by atoms with Gasteiger partial charge in [-0.15, -0.1) is 0 Å². The molecule has 6 heteroatoms. The molecule has 4 rings (SSSR count). The fraction of sp³-hybridized carbons (Fsp3) is 0. The molecule has 0 aliphatic rings. The Balaban J connectivity index is 1.73. The van der Waals surface area contributed by atoms with Gasteiger partial charge in [0.1, 0.15) is 5.82 Å². The summed E-state index contributed by atoms with van der Waals surface area (Å²) in [4.78, 5) is 5.98. The van der Waals surface area contributed by atoms with E-state index in [1.165, 1.54) is 0 Å². The fourth-order valence-electron chi connectivity index (χ4n) is 2.52. The highest BCUT2D eigenvalue weighted by atomic mass is 32.2. The molecule has 0 fully saturated rings. The summed E-state index contributed by atoms with van der Waals surface area (Å²) in [7, 11) is -3.66. The standard InChI is InChI=1S/C16H13N3O2S/c20-22(21,16-10-12-6-2-4-8-14(12)18-16)19-15-9-11-5-1-3-7-13(11)17-15/h1-10,17-19H. The molecule has 4 aromatic rings. The van der Waals surface area contributed by atoms with Crippen LogP contribution < -0.4 is 4.72 Å². The summed E-state index contributed by atoms with van der Waals surface area (Å²) in [6.07, 6.45) is 0. The van der Waals surface area contributed by atoms with Crippen LogP contribution in [-0.2, 0) is 10.0 Å². The summed E-state index contributed by atoms with van der Waals surface area (Å²) >= 11 is 0. The number of benzene rings is 2.